The average Bonchev–Trinajstić information content (AvgIpc) is 2.74. The molecule has 0 unspecified atom stereocenters. The number of carbonyl (C=O) groups is 2. The Hall–Kier alpha value is -2.48. The van der Waals surface area contributed by atoms with E-state index in [-0.39, 0.29) is 30.0 Å². The fraction of sp³-hybridized carbons (Fsp3) is 0.600. The zero-order valence-corrected chi connectivity index (χ0v) is 16.4. The predicted octanol–water partition coefficient (Wildman–Crippen LogP) is 2.28. The van der Waals surface area contributed by atoms with Gasteiger partial charge in [0.05, 0.1) is 11.5 Å². The van der Waals surface area contributed by atoms with Gasteiger partial charge in [-0.05, 0) is 57.3 Å². The number of likely N-dealkylation sites (tertiary alicyclic amines) is 2. The van der Waals surface area contributed by atoms with E-state index in [2.05, 4.69) is 4.90 Å². The van der Waals surface area contributed by atoms with E-state index in [1.807, 2.05) is 4.90 Å². The first kappa shape index (κ1) is 20.3. The van der Waals surface area contributed by atoms with Crippen molar-refractivity contribution in [2.24, 2.45) is 5.92 Å². The van der Waals surface area contributed by atoms with Gasteiger partial charge in [0.15, 0.2) is 0 Å². The van der Waals surface area contributed by atoms with E-state index in [1.165, 1.54) is 23.5 Å². The lowest BCUT2D eigenvalue weighted by Gasteiger charge is -2.35. The van der Waals surface area contributed by atoms with Crippen molar-refractivity contribution in [1.82, 2.24) is 9.80 Å². The van der Waals surface area contributed by atoms with Crippen LogP contribution in [0.15, 0.2) is 24.3 Å². The molecule has 0 radical (unpaired) electrons. The normalized spacial score (nSPS) is 18.7. The van der Waals surface area contributed by atoms with Gasteiger partial charge in [0.2, 0.25) is 11.8 Å². The summed E-state index contributed by atoms with van der Waals surface area (Å²) < 4.78 is 0. The number of hydrogen-bond acceptors (Lipinski definition) is 5. The van der Waals surface area contributed by atoms with Crippen molar-refractivity contribution < 1.29 is 14.5 Å². The highest BCUT2D eigenvalue weighted by atomic mass is 16.6. The Morgan fingerprint density at radius 2 is 1.68 bits per heavy atom. The number of nitro benzene ring substituents is 1. The fourth-order valence-corrected chi connectivity index (χ4v) is 3.95. The van der Waals surface area contributed by atoms with E-state index in [4.69, 9.17) is 0 Å². The molecule has 8 heteroatoms. The summed E-state index contributed by atoms with van der Waals surface area (Å²) in [5.41, 5.74) is 0.635. The second-order valence-electron chi connectivity index (χ2n) is 7.66. The third-order valence-electron chi connectivity index (χ3n) is 5.79. The largest absolute Gasteiger partial charge is 0.342 e. The molecule has 1 aromatic rings. The molecule has 0 saturated carbocycles. The van der Waals surface area contributed by atoms with Gasteiger partial charge < -0.3 is 9.80 Å². The molecule has 0 aromatic heterocycles. The smallest absolute Gasteiger partial charge is 0.269 e. The van der Waals surface area contributed by atoms with Gasteiger partial charge >= 0.3 is 0 Å². The highest BCUT2D eigenvalue weighted by Gasteiger charge is 2.30. The molecule has 28 heavy (non-hydrogen) atoms. The molecule has 2 heterocycles. The lowest BCUT2D eigenvalue weighted by Crippen LogP contribution is -2.46. The number of nitrogens with zero attached hydrogens (tertiary/aromatic N) is 4. The Balaban J connectivity index is 1.47. The number of carbonyl (C=O) groups excluding carboxylic acids is 2. The second kappa shape index (κ2) is 9.14. The van der Waals surface area contributed by atoms with Crippen molar-refractivity contribution in [2.45, 2.75) is 32.1 Å². The van der Waals surface area contributed by atoms with Crippen LogP contribution >= 0.6 is 0 Å². The van der Waals surface area contributed by atoms with E-state index in [9.17, 15) is 19.7 Å². The SMILES string of the molecule is CN(C(=O)CN1CCC(C(=O)N2CCCCC2)CC1)c1ccc([N+](=O)[O-])cc1. The minimum atomic E-state index is -0.457. The molecule has 0 aliphatic carbocycles. The molecular weight excluding hydrogens is 360 g/mol. The monoisotopic (exact) mass is 388 g/mol. The summed E-state index contributed by atoms with van der Waals surface area (Å²) >= 11 is 0. The number of nitro groups is 1. The number of benzene rings is 1. The third-order valence-corrected chi connectivity index (χ3v) is 5.79. The van der Waals surface area contributed by atoms with E-state index in [0.29, 0.717) is 5.69 Å². The van der Waals surface area contributed by atoms with Gasteiger partial charge in [-0.1, -0.05) is 0 Å². The first-order valence-electron chi connectivity index (χ1n) is 9.98. The summed E-state index contributed by atoms with van der Waals surface area (Å²) in [6.07, 6.45) is 5.02. The molecule has 8 nitrogen and oxygen atoms in total. The maximum Gasteiger partial charge on any atom is 0.269 e. The first-order chi connectivity index (χ1) is 13.5. The van der Waals surface area contributed by atoms with Crippen LogP contribution < -0.4 is 4.90 Å². The lowest BCUT2D eigenvalue weighted by molar-refractivity contribution is -0.384. The van der Waals surface area contributed by atoms with Gasteiger partial charge in [0.1, 0.15) is 0 Å². The molecule has 2 aliphatic rings. The molecule has 0 bridgehead atoms. The van der Waals surface area contributed by atoms with E-state index in [1.54, 1.807) is 19.2 Å². The summed E-state index contributed by atoms with van der Waals surface area (Å²) in [4.78, 5) is 41.1. The Kier molecular flexibility index (Phi) is 6.61. The van der Waals surface area contributed by atoms with Crippen molar-refractivity contribution in [3.63, 3.8) is 0 Å². The maximum absolute atomic E-state index is 12.6. The average molecular weight is 388 g/mol. The van der Waals surface area contributed by atoms with Gasteiger partial charge in [0.25, 0.3) is 5.69 Å². The summed E-state index contributed by atoms with van der Waals surface area (Å²) in [7, 11) is 1.68. The third kappa shape index (κ3) is 4.86. The molecule has 2 saturated heterocycles. The summed E-state index contributed by atoms with van der Waals surface area (Å²) in [6.45, 7) is 3.54. The van der Waals surface area contributed by atoms with Crippen LogP contribution in [-0.4, -0.2) is 66.3 Å². The maximum atomic E-state index is 12.6. The number of anilines is 1. The van der Waals surface area contributed by atoms with Crippen LogP contribution in [0.5, 0.6) is 0 Å². The molecule has 2 amide bonds. The molecule has 0 N–H and O–H groups in total. The van der Waals surface area contributed by atoms with E-state index in [0.717, 1.165) is 51.9 Å². The summed E-state index contributed by atoms with van der Waals surface area (Å²) in [5, 5.41) is 10.7. The zero-order chi connectivity index (χ0) is 20.1. The number of rotatable bonds is 5. The Morgan fingerprint density at radius 1 is 1.07 bits per heavy atom. The van der Waals surface area contributed by atoms with Crippen LogP contribution in [0.25, 0.3) is 0 Å². The first-order valence-corrected chi connectivity index (χ1v) is 9.98. The summed E-state index contributed by atoms with van der Waals surface area (Å²) in [6, 6.07) is 5.97. The minimum absolute atomic E-state index is 0.00467. The van der Waals surface area contributed by atoms with Gasteiger partial charge in [-0.2, -0.15) is 0 Å². The Morgan fingerprint density at radius 3 is 2.25 bits per heavy atom. The van der Waals surface area contributed by atoms with Crippen LogP contribution in [0.1, 0.15) is 32.1 Å². The van der Waals surface area contributed by atoms with Crippen LogP contribution in [0.3, 0.4) is 0 Å². The zero-order valence-electron chi connectivity index (χ0n) is 16.4. The molecule has 3 rings (SSSR count). The van der Waals surface area contributed by atoms with Crippen molar-refractivity contribution in [3.8, 4) is 0 Å². The molecule has 0 atom stereocenters. The highest BCUT2D eigenvalue weighted by molar-refractivity contribution is 5.94. The quantitative estimate of drug-likeness (QED) is 0.570. The van der Waals surface area contributed by atoms with Crippen LogP contribution in [0, 0.1) is 16.0 Å². The van der Waals surface area contributed by atoms with Crippen LogP contribution in [0.4, 0.5) is 11.4 Å². The topological polar surface area (TPSA) is 87.0 Å². The molecule has 152 valence electrons. The van der Waals surface area contributed by atoms with Crippen molar-refractivity contribution in [2.75, 3.05) is 44.7 Å². The molecule has 0 spiro atoms. The number of amides is 2. The standard InChI is InChI=1S/C20H28N4O4/c1-21(17-5-7-18(8-6-17)24(27)28)19(25)15-22-13-9-16(10-14-22)20(26)23-11-3-2-4-12-23/h5-8,16H,2-4,9-15H2,1H3. The predicted molar refractivity (Wildman–Crippen MR) is 106 cm³/mol. The Labute approximate surface area is 165 Å². The van der Waals surface area contributed by atoms with Gasteiger partial charge in [-0.15, -0.1) is 0 Å². The number of likely N-dealkylation sites (N-methyl/N-ethyl adjacent to an activating group) is 1. The van der Waals surface area contributed by atoms with Gasteiger partial charge in [-0.25, -0.2) is 0 Å². The molecular formula is C20H28N4O4. The molecule has 2 fully saturated rings. The van der Waals surface area contributed by atoms with E-state index >= 15 is 0 Å². The summed E-state index contributed by atoms with van der Waals surface area (Å²) in [5.74, 6) is 0.306. The van der Waals surface area contributed by atoms with Crippen molar-refractivity contribution in [1.29, 1.82) is 0 Å². The number of hydrogen-bond donors (Lipinski definition) is 0. The molecule has 1 aromatic carbocycles. The lowest BCUT2D eigenvalue weighted by atomic mass is 9.94. The van der Waals surface area contributed by atoms with Crippen LogP contribution in [0.2, 0.25) is 0 Å². The molecule has 2 aliphatic heterocycles. The van der Waals surface area contributed by atoms with Crippen molar-refractivity contribution >= 4 is 23.2 Å². The number of non-ortho nitro benzene ring substituents is 1. The fourth-order valence-electron chi connectivity index (χ4n) is 3.95. The van der Waals surface area contributed by atoms with Gasteiger partial charge in [0, 0.05) is 43.9 Å². The minimum Gasteiger partial charge on any atom is -0.342 e. The number of piperidine rings is 2. The van der Waals surface area contributed by atoms with E-state index < -0.39 is 4.92 Å². The Bertz CT molecular complexity index is 707. The highest BCUT2D eigenvalue weighted by Crippen LogP contribution is 2.23. The van der Waals surface area contributed by atoms with Crippen LogP contribution in [-0.2, 0) is 9.59 Å². The van der Waals surface area contributed by atoms with Crippen molar-refractivity contribution in [3.05, 3.63) is 34.4 Å². The van der Waals surface area contributed by atoms with Gasteiger partial charge in [-0.3, -0.25) is 24.6 Å². The second-order valence-corrected chi connectivity index (χ2v) is 7.66.